The molecule has 3 rings (SSSR count). The normalized spacial score (nSPS) is 11.8. The predicted octanol–water partition coefficient (Wildman–Crippen LogP) is 6.70. The summed E-state index contributed by atoms with van der Waals surface area (Å²) in [6, 6.07) is 15.6. The molecule has 0 saturated heterocycles. The number of esters is 1. The van der Waals surface area contributed by atoms with Gasteiger partial charge in [-0.3, -0.25) is 4.79 Å². The van der Waals surface area contributed by atoms with Crippen LogP contribution in [-0.2, 0) is 22.0 Å². The Morgan fingerprint density at radius 1 is 0.905 bits per heavy atom. The number of ether oxygens (including phenoxy) is 3. The molecule has 0 bridgehead atoms. The number of benzene rings is 3. The summed E-state index contributed by atoms with van der Waals surface area (Å²) in [5, 5.41) is 15.0. The molecule has 0 saturated carbocycles. The van der Waals surface area contributed by atoms with Crippen molar-refractivity contribution < 1.29 is 28.9 Å². The topological polar surface area (TPSA) is 106 Å². The van der Waals surface area contributed by atoms with Crippen LogP contribution in [-0.4, -0.2) is 36.9 Å². The monoisotopic (exact) mass is 574 g/mol. The number of aromatic hydroxyl groups is 1. The highest BCUT2D eigenvalue weighted by Crippen LogP contribution is 2.40. The zero-order valence-electron chi connectivity index (χ0n) is 25.8. The van der Waals surface area contributed by atoms with E-state index < -0.39 is 5.97 Å². The van der Waals surface area contributed by atoms with Gasteiger partial charge in [0.2, 0.25) is 5.91 Å². The number of amides is 1. The predicted molar refractivity (Wildman–Crippen MR) is 165 cm³/mol. The van der Waals surface area contributed by atoms with Crippen LogP contribution < -0.4 is 19.6 Å². The molecule has 0 fully saturated rings. The van der Waals surface area contributed by atoms with E-state index in [1.165, 1.54) is 6.21 Å². The van der Waals surface area contributed by atoms with Gasteiger partial charge in [-0.25, -0.2) is 10.2 Å². The molecule has 0 aliphatic heterocycles. The second kappa shape index (κ2) is 13.6. The van der Waals surface area contributed by atoms with E-state index in [1.54, 1.807) is 49.6 Å². The van der Waals surface area contributed by atoms with Crippen LogP contribution in [0.3, 0.4) is 0 Å². The fourth-order valence-corrected chi connectivity index (χ4v) is 4.32. The summed E-state index contributed by atoms with van der Waals surface area (Å²) in [4.78, 5) is 25.2. The maximum Gasteiger partial charge on any atom is 0.343 e. The summed E-state index contributed by atoms with van der Waals surface area (Å²) in [6.45, 7) is 14.6. The third-order valence-corrected chi connectivity index (χ3v) is 6.63. The molecule has 0 atom stereocenters. The summed E-state index contributed by atoms with van der Waals surface area (Å²) >= 11 is 0. The molecule has 8 nitrogen and oxygen atoms in total. The van der Waals surface area contributed by atoms with Gasteiger partial charge < -0.3 is 19.3 Å². The summed E-state index contributed by atoms with van der Waals surface area (Å²) in [6.07, 6.45) is 2.25. The summed E-state index contributed by atoms with van der Waals surface area (Å²) in [5.41, 5.74) is 5.86. The van der Waals surface area contributed by atoms with Crippen LogP contribution in [0.1, 0.15) is 87.5 Å². The Morgan fingerprint density at radius 2 is 1.52 bits per heavy atom. The third kappa shape index (κ3) is 8.59. The van der Waals surface area contributed by atoms with E-state index in [-0.39, 0.29) is 28.9 Å². The van der Waals surface area contributed by atoms with E-state index in [9.17, 15) is 14.7 Å². The highest BCUT2D eigenvalue weighted by molar-refractivity contribution is 5.92. The molecule has 0 aliphatic rings. The lowest BCUT2D eigenvalue weighted by atomic mass is 9.78. The zero-order chi connectivity index (χ0) is 31.1. The van der Waals surface area contributed by atoms with Gasteiger partial charge in [-0.2, -0.15) is 5.10 Å². The van der Waals surface area contributed by atoms with E-state index in [4.69, 9.17) is 14.2 Å². The van der Waals surface area contributed by atoms with E-state index in [1.807, 2.05) is 19.1 Å². The quantitative estimate of drug-likeness (QED) is 0.121. The lowest BCUT2D eigenvalue weighted by molar-refractivity contribution is -0.121. The Bertz CT molecular complexity index is 1390. The Hall–Kier alpha value is -4.33. The number of carbonyl (C=O) groups excluding carboxylic acids is 2. The highest BCUT2D eigenvalue weighted by Gasteiger charge is 2.26. The average Bonchev–Trinajstić information content (AvgIpc) is 2.92. The number of nitrogens with zero attached hydrogens (tertiary/aromatic N) is 1. The van der Waals surface area contributed by atoms with Crippen molar-refractivity contribution in [1.82, 2.24) is 5.43 Å². The molecule has 8 heteroatoms. The van der Waals surface area contributed by atoms with Gasteiger partial charge in [-0.15, -0.1) is 0 Å². The van der Waals surface area contributed by atoms with Crippen LogP contribution in [0.4, 0.5) is 0 Å². The van der Waals surface area contributed by atoms with Crippen molar-refractivity contribution in [1.29, 1.82) is 0 Å². The second-order valence-corrected chi connectivity index (χ2v) is 12.1. The van der Waals surface area contributed by atoms with E-state index in [0.29, 0.717) is 41.4 Å². The molecular formula is C34H42N2O6. The average molecular weight is 575 g/mol. The minimum Gasteiger partial charge on any atom is -0.507 e. The SMILES string of the molecule is CCOc1cc(/C=N\NC(=O)CCc2cc(C(C)(C)C)c(O)c(C(C)(C)C)c2)ccc1OC(=O)c1ccc(OC)cc1. The van der Waals surface area contributed by atoms with Gasteiger partial charge >= 0.3 is 5.97 Å². The van der Waals surface area contributed by atoms with Gasteiger partial charge in [0.15, 0.2) is 11.5 Å². The molecule has 0 aromatic heterocycles. The molecule has 224 valence electrons. The number of hydrogen-bond acceptors (Lipinski definition) is 7. The molecule has 0 aliphatic carbocycles. The molecule has 0 spiro atoms. The molecular weight excluding hydrogens is 532 g/mol. The summed E-state index contributed by atoms with van der Waals surface area (Å²) < 4.78 is 16.4. The Kier molecular flexibility index (Phi) is 10.4. The van der Waals surface area contributed by atoms with Gasteiger partial charge in [0, 0.05) is 6.42 Å². The van der Waals surface area contributed by atoms with Gasteiger partial charge in [-0.1, -0.05) is 53.7 Å². The van der Waals surface area contributed by atoms with E-state index in [0.717, 1.165) is 16.7 Å². The van der Waals surface area contributed by atoms with Gasteiger partial charge in [0.05, 0.1) is 25.5 Å². The lowest BCUT2D eigenvalue weighted by Gasteiger charge is -2.28. The molecule has 3 aromatic carbocycles. The maximum absolute atomic E-state index is 12.6. The maximum atomic E-state index is 12.6. The number of carbonyl (C=O) groups is 2. The number of hydrazone groups is 1. The molecule has 0 unspecified atom stereocenters. The number of phenols is 1. The molecule has 42 heavy (non-hydrogen) atoms. The number of rotatable bonds is 10. The van der Waals surface area contributed by atoms with Gasteiger partial charge in [0.25, 0.3) is 0 Å². The van der Waals surface area contributed by atoms with Crippen molar-refractivity contribution in [3.8, 4) is 23.0 Å². The van der Waals surface area contributed by atoms with Crippen molar-refractivity contribution >= 4 is 18.1 Å². The molecule has 0 heterocycles. The highest BCUT2D eigenvalue weighted by atomic mass is 16.6. The van der Waals surface area contributed by atoms with Crippen molar-refractivity contribution in [3.05, 3.63) is 82.4 Å². The summed E-state index contributed by atoms with van der Waals surface area (Å²) in [5.74, 6) is 0.861. The largest absolute Gasteiger partial charge is 0.507 e. The first-order valence-corrected chi connectivity index (χ1v) is 14.0. The standard InChI is InChI=1S/C34H42N2O6/c1-9-41-29-20-23(10-16-28(29)42-32(39)24-12-14-25(40-8)15-13-24)21-35-36-30(37)17-11-22-18-26(33(2,3)4)31(38)27(19-22)34(5,6)7/h10,12-16,18-21,38H,9,11,17H2,1-8H3,(H,36,37)/b35-21-. The fraction of sp³-hybridized carbons (Fsp3) is 0.382. The van der Waals surface area contributed by atoms with Crippen molar-refractivity contribution in [3.63, 3.8) is 0 Å². The first-order valence-electron chi connectivity index (χ1n) is 14.0. The van der Waals surface area contributed by atoms with Crippen LogP contribution in [0, 0.1) is 0 Å². The van der Waals surface area contributed by atoms with Crippen molar-refractivity contribution in [2.75, 3.05) is 13.7 Å². The van der Waals surface area contributed by atoms with Crippen LogP contribution in [0.15, 0.2) is 59.7 Å². The fourth-order valence-electron chi connectivity index (χ4n) is 4.32. The molecule has 1 amide bonds. The van der Waals surface area contributed by atoms with Crippen molar-refractivity contribution in [2.24, 2.45) is 5.10 Å². The Morgan fingerprint density at radius 3 is 2.07 bits per heavy atom. The third-order valence-electron chi connectivity index (χ3n) is 6.63. The minimum atomic E-state index is -0.523. The van der Waals surface area contributed by atoms with Gasteiger partial charge in [-0.05, 0) is 88.9 Å². The Labute approximate surface area is 248 Å². The van der Waals surface area contributed by atoms with Crippen LogP contribution in [0.25, 0.3) is 0 Å². The van der Waals surface area contributed by atoms with Crippen LogP contribution in [0.2, 0.25) is 0 Å². The van der Waals surface area contributed by atoms with Crippen LogP contribution in [0.5, 0.6) is 23.0 Å². The number of phenolic OH excluding ortho intramolecular Hbond substituents is 1. The van der Waals surface area contributed by atoms with E-state index >= 15 is 0 Å². The number of nitrogens with one attached hydrogen (secondary N) is 1. The summed E-state index contributed by atoms with van der Waals surface area (Å²) in [7, 11) is 1.56. The van der Waals surface area contributed by atoms with E-state index in [2.05, 4.69) is 52.1 Å². The first kappa shape index (κ1) is 32.2. The zero-order valence-corrected chi connectivity index (χ0v) is 25.8. The molecule has 3 aromatic rings. The number of hydrogen-bond donors (Lipinski definition) is 2. The smallest absolute Gasteiger partial charge is 0.343 e. The second-order valence-electron chi connectivity index (χ2n) is 12.1. The number of methoxy groups -OCH3 is 1. The lowest BCUT2D eigenvalue weighted by Crippen LogP contribution is -2.20. The number of aryl methyl sites for hydroxylation is 1. The first-order chi connectivity index (χ1) is 19.7. The molecule has 0 radical (unpaired) electrons. The molecule has 2 N–H and O–H groups in total. The minimum absolute atomic E-state index is 0.232. The van der Waals surface area contributed by atoms with Crippen LogP contribution >= 0.6 is 0 Å². The van der Waals surface area contributed by atoms with Crippen molar-refractivity contribution in [2.45, 2.75) is 72.1 Å². The van der Waals surface area contributed by atoms with Gasteiger partial charge in [0.1, 0.15) is 11.5 Å². The Balaban J connectivity index is 1.65.